The molecule has 37 heavy (non-hydrogen) atoms. The van der Waals surface area contributed by atoms with Crippen molar-refractivity contribution in [2.45, 2.75) is 39.9 Å². The fraction of sp³-hybridized carbons (Fsp3) is 0.304. The van der Waals surface area contributed by atoms with Crippen LogP contribution in [-0.4, -0.2) is 26.6 Å². The number of amides is 2. The van der Waals surface area contributed by atoms with Crippen LogP contribution in [0.15, 0.2) is 24.3 Å². The molecule has 3 N–H and O–H groups in total. The molecule has 0 spiro atoms. The first kappa shape index (κ1) is 26.7. The lowest BCUT2D eigenvalue weighted by molar-refractivity contribution is -0.141. The highest BCUT2D eigenvalue weighted by molar-refractivity contribution is 7.21. The van der Waals surface area contributed by atoms with Gasteiger partial charge in [-0.1, -0.05) is 6.92 Å². The molecular formula is C23H20F5N5O2S2. The van der Waals surface area contributed by atoms with E-state index in [0.717, 1.165) is 27.0 Å². The van der Waals surface area contributed by atoms with E-state index in [4.69, 9.17) is 5.73 Å². The number of aromatic nitrogens is 3. The first-order chi connectivity index (χ1) is 17.3. The summed E-state index contributed by atoms with van der Waals surface area (Å²) in [6.07, 6.45) is -7.51. The van der Waals surface area contributed by atoms with E-state index in [1.807, 2.05) is 6.92 Å². The number of nitrogens with one attached hydrogen (secondary N) is 1. The van der Waals surface area contributed by atoms with Gasteiger partial charge in [0.25, 0.3) is 12.3 Å². The molecule has 0 radical (unpaired) electrons. The number of carbonyl (C=O) groups excluding carboxylic acids is 2. The van der Waals surface area contributed by atoms with Gasteiger partial charge in [0.2, 0.25) is 5.91 Å². The van der Waals surface area contributed by atoms with Crippen molar-refractivity contribution in [2.24, 2.45) is 11.7 Å². The summed E-state index contributed by atoms with van der Waals surface area (Å²) in [6, 6.07) is 5.63. The maximum Gasteiger partial charge on any atom is 0.435 e. The van der Waals surface area contributed by atoms with Crippen LogP contribution in [0, 0.1) is 19.8 Å². The molecule has 2 amide bonds. The van der Waals surface area contributed by atoms with Crippen LogP contribution in [0.25, 0.3) is 20.7 Å². The number of rotatable bonds is 7. The number of hydrogen-bond acceptors (Lipinski definition) is 6. The zero-order chi connectivity index (χ0) is 27.2. The van der Waals surface area contributed by atoms with Gasteiger partial charge in [-0.3, -0.25) is 14.3 Å². The summed E-state index contributed by atoms with van der Waals surface area (Å²) in [6.45, 7) is 4.59. The Balaban J connectivity index is 1.75. The van der Waals surface area contributed by atoms with E-state index < -0.39 is 41.7 Å². The van der Waals surface area contributed by atoms with Crippen LogP contribution in [0.1, 0.15) is 45.0 Å². The van der Waals surface area contributed by atoms with Gasteiger partial charge in [0.1, 0.15) is 15.4 Å². The summed E-state index contributed by atoms with van der Waals surface area (Å²) in [5.74, 6) is -2.40. The average molecular weight is 558 g/mol. The molecule has 0 aliphatic rings. The number of anilines is 1. The minimum Gasteiger partial charge on any atom is -0.365 e. The highest BCUT2D eigenvalue weighted by atomic mass is 32.1. The third-order valence-electron chi connectivity index (χ3n) is 5.55. The minimum atomic E-state index is -4.63. The van der Waals surface area contributed by atoms with Crippen molar-refractivity contribution in [3.8, 4) is 10.4 Å². The first-order valence-electron chi connectivity index (χ1n) is 10.8. The summed E-state index contributed by atoms with van der Waals surface area (Å²) in [7, 11) is 0. The van der Waals surface area contributed by atoms with Gasteiger partial charge in [-0.05, 0) is 38.1 Å². The SMILES string of the molecule is Cc1ccc(-c2cc(C(F)F)nc3sc(C(N)=O)c(NC(=O)C(C)Cn4nc(C(F)(F)F)cc4C)c23)s1. The monoisotopic (exact) mass is 557 g/mol. The van der Waals surface area contributed by atoms with Crippen molar-refractivity contribution in [2.75, 3.05) is 5.32 Å². The second-order valence-corrected chi connectivity index (χ2v) is 10.7. The van der Waals surface area contributed by atoms with Crippen molar-refractivity contribution < 1.29 is 31.5 Å². The molecule has 4 aromatic heterocycles. The van der Waals surface area contributed by atoms with Gasteiger partial charge in [0.15, 0.2) is 5.69 Å². The van der Waals surface area contributed by atoms with Gasteiger partial charge in [-0.2, -0.15) is 18.3 Å². The normalized spacial score (nSPS) is 12.9. The van der Waals surface area contributed by atoms with Crippen molar-refractivity contribution in [1.82, 2.24) is 14.8 Å². The molecule has 1 atom stereocenters. The van der Waals surface area contributed by atoms with Crippen molar-refractivity contribution in [3.63, 3.8) is 0 Å². The topological polar surface area (TPSA) is 103 Å². The molecular weight excluding hydrogens is 537 g/mol. The lowest BCUT2D eigenvalue weighted by atomic mass is 10.1. The number of primary amides is 1. The number of alkyl halides is 5. The van der Waals surface area contributed by atoms with Gasteiger partial charge in [-0.25, -0.2) is 13.8 Å². The Bertz CT molecular complexity index is 1510. The molecule has 0 aliphatic carbocycles. The molecule has 196 valence electrons. The van der Waals surface area contributed by atoms with Gasteiger partial charge in [0, 0.05) is 26.4 Å². The zero-order valence-electron chi connectivity index (χ0n) is 19.6. The summed E-state index contributed by atoms with van der Waals surface area (Å²) in [5.41, 5.74) is 4.55. The fourth-order valence-electron chi connectivity index (χ4n) is 3.72. The van der Waals surface area contributed by atoms with Crippen LogP contribution in [0.2, 0.25) is 0 Å². The van der Waals surface area contributed by atoms with E-state index in [2.05, 4.69) is 15.4 Å². The van der Waals surface area contributed by atoms with Crippen LogP contribution < -0.4 is 11.1 Å². The number of thiophene rings is 2. The molecule has 0 saturated carbocycles. The summed E-state index contributed by atoms with van der Waals surface area (Å²) in [5, 5.41) is 6.46. The molecule has 0 saturated heterocycles. The quantitative estimate of drug-likeness (QED) is 0.265. The number of aryl methyl sites for hydroxylation is 2. The van der Waals surface area contributed by atoms with Crippen LogP contribution in [0.4, 0.5) is 27.6 Å². The van der Waals surface area contributed by atoms with E-state index in [-0.39, 0.29) is 33.0 Å². The third-order valence-corrected chi connectivity index (χ3v) is 7.68. The molecule has 4 rings (SSSR count). The van der Waals surface area contributed by atoms with E-state index in [1.165, 1.54) is 31.3 Å². The summed E-state index contributed by atoms with van der Waals surface area (Å²) in [4.78, 5) is 30.9. The number of nitrogens with two attached hydrogens (primary N) is 1. The van der Waals surface area contributed by atoms with Gasteiger partial charge in [-0.15, -0.1) is 22.7 Å². The van der Waals surface area contributed by atoms with Crippen molar-refractivity contribution in [3.05, 3.63) is 51.1 Å². The molecule has 7 nitrogen and oxygen atoms in total. The predicted octanol–water partition coefficient (Wildman–Crippen LogP) is 6.17. The predicted molar refractivity (Wildman–Crippen MR) is 131 cm³/mol. The fourth-order valence-corrected chi connectivity index (χ4v) is 5.62. The number of halogens is 5. The molecule has 4 heterocycles. The Morgan fingerprint density at radius 1 is 1.16 bits per heavy atom. The van der Waals surface area contributed by atoms with E-state index in [0.29, 0.717) is 10.4 Å². The molecule has 0 aliphatic heterocycles. The Hall–Kier alpha value is -3.39. The summed E-state index contributed by atoms with van der Waals surface area (Å²) < 4.78 is 67.3. The molecule has 1 unspecified atom stereocenters. The summed E-state index contributed by atoms with van der Waals surface area (Å²) >= 11 is 2.11. The molecule has 0 fully saturated rings. The van der Waals surface area contributed by atoms with Gasteiger partial charge >= 0.3 is 6.18 Å². The number of pyridine rings is 1. The third kappa shape index (κ3) is 5.34. The van der Waals surface area contributed by atoms with Crippen molar-refractivity contribution in [1.29, 1.82) is 0 Å². The van der Waals surface area contributed by atoms with Crippen LogP contribution in [0.3, 0.4) is 0 Å². The molecule has 14 heteroatoms. The second kappa shape index (κ2) is 9.82. The van der Waals surface area contributed by atoms with E-state index in [9.17, 15) is 31.5 Å². The molecule has 0 aromatic carbocycles. The van der Waals surface area contributed by atoms with E-state index in [1.54, 1.807) is 12.1 Å². The standard InChI is InChI=1S/C23H20F5N5O2S2/c1-9(8-33-10(2)6-15(32-33)23(26,27)28)21(35)31-17-16-12(14-5-4-11(3)36-14)7-13(19(24)25)30-22(16)37-18(17)20(29)34/h4-7,9,19H,8H2,1-3H3,(H2,29,34)(H,31,35). The lowest BCUT2D eigenvalue weighted by Crippen LogP contribution is -2.26. The highest BCUT2D eigenvalue weighted by Gasteiger charge is 2.35. The lowest BCUT2D eigenvalue weighted by Gasteiger charge is -2.15. The Morgan fingerprint density at radius 3 is 2.41 bits per heavy atom. The maximum absolute atomic E-state index is 13.6. The van der Waals surface area contributed by atoms with Crippen molar-refractivity contribution >= 4 is 50.4 Å². The largest absolute Gasteiger partial charge is 0.435 e. The van der Waals surface area contributed by atoms with Crippen LogP contribution in [-0.2, 0) is 17.5 Å². The smallest absolute Gasteiger partial charge is 0.365 e. The Labute approximate surface area is 215 Å². The number of carbonyl (C=O) groups is 2. The molecule has 0 bridgehead atoms. The second-order valence-electron chi connectivity index (χ2n) is 8.40. The highest BCUT2D eigenvalue weighted by Crippen LogP contribution is 2.44. The van der Waals surface area contributed by atoms with Gasteiger partial charge in [0.05, 0.1) is 18.2 Å². The van der Waals surface area contributed by atoms with E-state index >= 15 is 0 Å². The zero-order valence-corrected chi connectivity index (χ0v) is 21.2. The maximum atomic E-state index is 13.6. The number of nitrogens with zero attached hydrogens (tertiary/aromatic N) is 3. The minimum absolute atomic E-state index is 0.0203. The Kier molecular flexibility index (Phi) is 7.08. The average Bonchev–Trinajstić information content (AvgIpc) is 3.50. The Morgan fingerprint density at radius 2 is 1.86 bits per heavy atom. The van der Waals surface area contributed by atoms with Crippen LogP contribution >= 0.6 is 22.7 Å². The molecule has 4 aromatic rings. The number of fused-ring (bicyclic) bond motifs is 1. The first-order valence-corrected chi connectivity index (χ1v) is 12.4. The van der Waals surface area contributed by atoms with Crippen LogP contribution in [0.5, 0.6) is 0 Å². The number of hydrogen-bond donors (Lipinski definition) is 2. The van der Waals surface area contributed by atoms with Gasteiger partial charge < -0.3 is 11.1 Å².